The number of hydrogen-bond acceptors (Lipinski definition) is 6. The lowest BCUT2D eigenvalue weighted by atomic mass is 9.91. The molecule has 0 fully saturated rings. The van der Waals surface area contributed by atoms with Gasteiger partial charge in [-0.3, -0.25) is 9.59 Å². The molecule has 2 atom stereocenters. The van der Waals surface area contributed by atoms with Gasteiger partial charge in [-0.1, -0.05) is 20.3 Å². The first kappa shape index (κ1) is 23.3. The Kier molecular flexibility index (Phi) is 7.50. The predicted molar refractivity (Wildman–Crippen MR) is 117 cm³/mol. The highest BCUT2D eigenvalue weighted by molar-refractivity contribution is 5.88. The van der Waals surface area contributed by atoms with Crippen LogP contribution in [0.4, 0.5) is 0 Å². The fourth-order valence-electron chi connectivity index (χ4n) is 3.80. The first-order valence-corrected chi connectivity index (χ1v) is 10.8. The van der Waals surface area contributed by atoms with Crippen LogP contribution < -0.4 is 21.0 Å². The Morgan fingerprint density at radius 1 is 1.16 bits per heavy atom. The molecule has 0 unspecified atom stereocenters. The third-order valence-electron chi connectivity index (χ3n) is 5.81. The molecular formula is C23H28N2O7. The standard InChI is InChI=1S/C23H28N2O7/c1-3-13(2)21(22(28)29)25-19(26)11-24-20(27)12-31-14-8-9-16-15-6-4-5-7-17(15)23(30)32-18(16)10-14/h8-10,13,21H,3-7,11-12H2,1-2H3,(H,24,27)(H,25,26)(H,28,29)/t13-,21+/m1/s1. The number of fused-ring (bicyclic) bond motifs is 3. The van der Waals surface area contributed by atoms with Crippen molar-refractivity contribution >= 4 is 28.8 Å². The molecule has 9 heteroatoms. The summed E-state index contributed by atoms with van der Waals surface area (Å²) in [7, 11) is 0. The summed E-state index contributed by atoms with van der Waals surface area (Å²) in [6.07, 6.45) is 4.16. The lowest BCUT2D eigenvalue weighted by Crippen LogP contribution is -2.48. The Labute approximate surface area is 185 Å². The molecule has 1 aliphatic rings. The van der Waals surface area contributed by atoms with E-state index in [1.54, 1.807) is 19.1 Å². The second kappa shape index (κ2) is 10.3. The lowest BCUT2D eigenvalue weighted by molar-refractivity contribution is -0.143. The van der Waals surface area contributed by atoms with E-state index in [9.17, 15) is 24.3 Å². The molecule has 0 spiro atoms. The maximum Gasteiger partial charge on any atom is 0.339 e. The first-order chi connectivity index (χ1) is 15.3. The number of carbonyl (C=O) groups excluding carboxylic acids is 2. The number of hydrogen-bond donors (Lipinski definition) is 3. The zero-order valence-electron chi connectivity index (χ0n) is 18.2. The van der Waals surface area contributed by atoms with Crippen molar-refractivity contribution in [3.8, 4) is 5.75 Å². The summed E-state index contributed by atoms with van der Waals surface area (Å²) >= 11 is 0. The number of ether oxygens (including phenoxy) is 1. The predicted octanol–water partition coefficient (Wildman–Crippen LogP) is 1.78. The third kappa shape index (κ3) is 5.46. The van der Waals surface area contributed by atoms with Crippen molar-refractivity contribution in [3.63, 3.8) is 0 Å². The van der Waals surface area contributed by atoms with Crippen molar-refractivity contribution in [3.05, 3.63) is 39.7 Å². The number of rotatable bonds is 9. The van der Waals surface area contributed by atoms with Gasteiger partial charge >= 0.3 is 11.6 Å². The van der Waals surface area contributed by atoms with Crippen LogP contribution in [0.2, 0.25) is 0 Å². The molecule has 0 bridgehead atoms. The molecule has 3 rings (SSSR count). The van der Waals surface area contributed by atoms with Gasteiger partial charge in [0.1, 0.15) is 17.4 Å². The highest BCUT2D eigenvalue weighted by Crippen LogP contribution is 2.29. The Morgan fingerprint density at radius 2 is 1.88 bits per heavy atom. The molecule has 0 saturated heterocycles. The number of aliphatic carboxylic acids is 1. The van der Waals surface area contributed by atoms with E-state index >= 15 is 0 Å². The van der Waals surface area contributed by atoms with E-state index in [1.165, 1.54) is 0 Å². The summed E-state index contributed by atoms with van der Waals surface area (Å²) < 4.78 is 10.9. The van der Waals surface area contributed by atoms with Gasteiger partial charge in [0.15, 0.2) is 6.61 Å². The quantitative estimate of drug-likeness (QED) is 0.502. The molecule has 0 radical (unpaired) electrons. The number of carbonyl (C=O) groups is 3. The van der Waals surface area contributed by atoms with Crippen LogP contribution in [-0.4, -0.2) is 42.1 Å². The van der Waals surface area contributed by atoms with Crippen LogP contribution in [0, 0.1) is 5.92 Å². The molecule has 1 heterocycles. The molecule has 2 aromatic rings. The number of benzene rings is 1. The van der Waals surface area contributed by atoms with Gasteiger partial charge in [0, 0.05) is 17.0 Å². The molecule has 1 aromatic carbocycles. The van der Waals surface area contributed by atoms with Crippen molar-refractivity contribution in [1.29, 1.82) is 0 Å². The monoisotopic (exact) mass is 444 g/mol. The summed E-state index contributed by atoms with van der Waals surface area (Å²) in [6.45, 7) is 2.86. The molecule has 0 aliphatic heterocycles. The van der Waals surface area contributed by atoms with E-state index in [-0.39, 0.29) is 24.7 Å². The summed E-state index contributed by atoms with van der Waals surface area (Å²) in [5, 5.41) is 14.9. The summed E-state index contributed by atoms with van der Waals surface area (Å²) in [6, 6.07) is 4.10. The second-order valence-electron chi connectivity index (χ2n) is 8.05. The van der Waals surface area contributed by atoms with Crippen LogP contribution in [0.25, 0.3) is 11.0 Å². The number of carboxylic acid groups (broad SMARTS) is 1. The van der Waals surface area contributed by atoms with Crippen LogP contribution in [0.3, 0.4) is 0 Å². The van der Waals surface area contributed by atoms with Gasteiger partial charge in [0.05, 0.1) is 6.54 Å². The fourth-order valence-corrected chi connectivity index (χ4v) is 3.80. The second-order valence-corrected chi connectivity index (χ2v) is 8.05. The Hall–Kier alpha value is -3.36. The van der Waals surface area contributed by atoms with Gasteiger partial charge in [-0.25, -0.2) is 9.59 Å². The zero-order valence-corrected chi connectivity index (χ0v) is 18.2. The maximum absolute atomic E-state index is 12.2. The van der Waals surface area contributed by atoms with E-state index in [2.05, 4.69) is 10.6 Å². The molecule has 32 heavy (non-hydrogen) atoms. The van der Waals surface area contributed by atoms with Crippen molar-refractivity contribution < 1.29 is 28.6 Å². The fraction of sp³-hybridized carbons (Fsp3) is 0.478. The van der Waals surface area contributed by atoms with Gasteiger partial charge in [0.2, 0.25) is 5.91 Å². The Morgan fingerprint density at radius 3 is 2.56 bits per heavy atom. The van der Waals surface area contributed by atoms with Crippen molar-refractivity contribution in [2.75, 3.05) is 13.2 Å². The minimum absolute atomic E-state index is 0.242. The van der Waals surface area contributed by atoms with E-state index in [0.29, 0.717) is 17.8 Å². The van der Waals surface area contributed by atoms with Crippen LogP contribution in [0.5, 0.6) is 5.75 Å². The van der Waals surface area contributed by atoms with Gasteiger partial charge in [-0.05, 0) is 49.3 Å². The van der Waals surface area contributed by atoms with E-state index in [4.69, 9.17) is 9.15 Å². The molecular weight excluding hydrogens is 416 g/mol. The third-order valence-corrected chi connectivity index (χ3v) is 5.81. The summed E-state index contributed by atoms with van der Waals surface area (Å²) in [5.41, 5.74) is 1.85. The number of carboxylic acids is 1. The summed E-state index contributed by atoms with van der Waals surface area (Å²) in [4.78, 5) is 47.5. The van der Waals surface area contributed by atoms with E-state index in [0.717, 1.165) is 42.2 Å². The molecule has 1 aromatic heterocycles. The minimum Gasteiger partial charge on any atom is -0.484 e. The Bertz CT molecular complexity index is 1080. The average molecular weight is 444 g/mol. The van der Waals surface area contributed by atoms with E-state index < -0.39 is 23.8 Å². The molecule has 172 valence electrons. The zero-order chi connectivity index (χ0) is 23.3. The highest BCUT2D eigenvalue weighted by Gasteiger charge is 2.25. The van der Waals surface area contributed by atoms with Gasteiger partial charge in [-0.2, -0.15) is 0 Å². The van der Waals surface area contributed by atoms with Crippen LogP contribution in [0.1, 0.15) is 44.2 Å². The SMILES string of the molecule is CC[C@@H](C)[C@H](NC(=O)CNC(=O)COc1ccc2c3c(c(=O)oc2c1)CCCC3)C(=O)O. The van der Waals surface area contributed by atoms with Crippen molar-refractivity contribution in [2.24, 2.45) is 5.92 Å². The largest absolute Gasteiger partial charge is 0.484 e. The average Bonchev–Trinajstić information content (AvgIpc) is 2.79. The van der Waals surface area contributed by atoms with Gasteiger partial charge < -0.3 is 24.9 Å². The van der Waals surface area contributed by atoms with E-state index in [1.807, 2.05) is 13.0 Å². The molecule has 0 saturated carbocycles. The molecule has 1 aliphatic carbocycles. The lowest BCUT2D eigenvalue weighted by Gasteiger charge is -2.20. The topological polar surface area (TPSA) is 135 Å². The van der Waals surface area contributed by atoms with Crippen LogP contribution in [-0.2, 0) is 27.2 Å². The van der Waals surface area contributed by atoms with Gasteiger partial charge in [0.25, 0.3) is 5.91 Å². The van der Waals surface area contributed by atoms with Crippen molar-refractivity contribution in [2.45, 2.75) is 52.0 Å². The van der Waals surface area contributed by atoms with Crippen LogP contribution >= 0.6 is 0 Å². The van der Waals surface area contributed by atoms with Gasteiger partial charge in [-0.15, -0.1) is 0 Å². The normalized spacial score (nSPS) is 14.8. The minimum atomic E-state index is -1.12. The summed E-state index contributed by atoms with van der Waals surface area (Å²) in [5.74, 6) is -2.13. The highest BCUT2D eigenvalue weighted by atomic mass is 16.5. The number of aryl methyl sites for hydroxylation is 1. The molecule has 9 nitrogen and oxygen atoms in total. The van der Waals surface area contributed by atoms with Crippen LogP contribution in [0.15, 0.2) is 27.4 Å². The first-order valence-electron chi connectivity index (χ1n) is 10.8. The smallest absolute Gasteiger partial charge is 0.339 e. The Balaban J connectivity index is 1.55. The number of amides is 2. The molecule has 2 amide bonds. The number of nitrogens with one attached hydrogen (secondary N) is 2. The molecule has 3 N–H and O–H groups in total. The van der Waals surface area contributed by atoms with Crippen molar-refractivity contribution in [1.82, 2.24) is 10.6 Å². The maximum atomic E-state index is 12.2.